The van der Waals surface area contributed by atoms with Crippen molar-refractivity contribution in [2.45, 2.75) is 161 Å². The second-order valence-corrected chi connectivity index (χ2v) is 17.9. The molecule has 3 atom stereocenters. The van der Waals surface area contributed by atoms with Crippen molar-refractivity contribution < 1.29 is 32.9 Å². The number of carbonyl (C=O) groups excluding carboxylic acids is 1. The van der Waals surface area contributed by atoms with E-state index in [0.717, 1.165) is 96.3 Å². The van der Waals surface area contributed by atoms with E-state index in [9.17, 15) is 19.4 Å². The molecule has 0 aliphatic rings. The SMILES string of the molecule is CC/C=C\C/C=C\C/C=C\C/C=C\C/C=C\C/C=C\C/C=C\C/C=C\C/C=C\C/C=C\CCCCC(=O)NC(COP(=O)(O)OCC[N+](C)(C)C)C(O)CCCCCCCC. The molecular formula is C52H88N2O6P+. The zero-order chi connectivity index (χ0) is 45.0. The Morgan fingerprint density at radius 1 is 0.574 bits per heavy atom. The molecule has 0 radical (unpaired) electrons. The van der Waals surface area contributed by atoms with Crippen molar-refractivity contribution in [1.29, 1.82) is 0 Å². The number of rotatable bonds is 40. The van der Waals surface area contributed by atoms with E-state index < -0.39 is 20.0 Å². The van der Waals surface area contributed by atoms with Crippen molar-refractivity contribution in [2.75, 3.05) is 40.9 Å². The highest BCUT2D eigenvalue weighted by atomic mass is 31.2. The minimum absolute atomic E-state index is 0.0580. The summed E-state index contributed by atoms with van der Waals surface area (Å²) in [5.74, 6) is -0.199. The normalized spacial score (nSPS) is 15.3. The molecule has 1 amide bonds. The molecule has 0 fully saturated rings. The van der Waals surface area contributed by atoms with E-state index in [0.29, 0.717) is 30.3 Å². The zero-order valence-corrected chi connectivity index (χ0v) is 40.0. The number of nitrogens with zero attached hydrogens (tertiary/aromatic N) is 1. The first-order chi connectivity index (χ1) is 29.5. The monoisotopic (exact) mass is 868 g/mol. The van der Waals surface area contributed by atoms with Crippen LogP contribution >= 0.6 is 7.82 Å². The Morgan fingerprint density at radius 2 is 0.984 bits per heavy atom. The quantitative estimate of drug-likeness (QED) is 0.0245. The van der Waals surface area contributed by atoms with Crippen molar-refractivity contribution in [3.05, 3.63) is 122 Å². The number of allylic oxidation sites excluding steroid dienone is 20. The van der Waals surface area contributed by atoms with Crippen LogP contribution in [0, 0.1) is 0 Å². The molecule has 0 saturated heterocycles. The molecule has 8 nitrogen and oxygen atoms in total. The van der Waals surface area contributed by atoms with Gasteiger partial charge in [-0.15, -0.1) is 0 Å². The maximum Gasteiger partial charge on any atom is 0.472 e. The van der Waals surface area contributed by atoms with Gasteiger partial charge in [0.25, 0.3) is 0 Å². The van der Waals surface area contributed by atoms with Crippen LogP contribution in [0.25, 0.3) is 0 Å². The molecular weight excluding hydrogens is 780 g/mol. The molecule has 0 aliphatic carbocycles. The third-order valence-electron chi connectivity index (χ3n) is 9.47. The lowest BCUT2D eigenvalue weighted by molar-refractivity contribution is -0.870. The summed E-state index contributed by atoms with van der Waals surface area (Å²) in [4.78, 5) is 23.0. The van der Waals surface area contributed by atoms with Crippen molar-refractivity contribution in [3.8, 4) is 0 Å². The van der Waals surface area contributed by atoms with Crippen LogP contribution in [0.15, 0.2) is 122 Å². The fourth-order valence-electron chi connectivity index (χ4n) is 5.78. The van der Waals surface area contributed by atoms with Crippen LogP contribution in [0.1, 0.15) is 149 Å². The molecule has 346 valence electrons. The van der Waals surface area contributed by atoms with E-state index in [-0.39, 0.29) is 19.1 Å². The van der Waals surface area contributed by atoms with Crippen molar-refractivity contribution in [3.63, 3.8) is 0 Å². The Labute approximate surface area is 374 Å². The van der Waals surface area contributed by atoms with Gasteiger partial charge in [0.2, 0.25) is 5.91 Å². The molecule has 0 aromatic heterocycles. The average molecular weight is 868 g/mol. The predicted octanol–water partition coefficient (Wildman–Crippen LogP) is 13.5. The summed E-state index contributed by atoms with van der Waals surface area (Å²) in [7, 11) is 1.56. The third kappa shape index (κ3) is 44.8. The van der Waals surface area contributed by atoms with Crippen molar-refractivity contribution >= 4 is 13.7 Å². The zero-order valence-electron chi connectivity index (χ0n) is 39.1. The number of quaternary nitrogens is 1. The minimum Gasteiger partial charge on any atom is -0.391 e. The van der Waals surface area contributed by atoms with Gasteiger partial charge in [-0.3, -0.25) is 13.8 Å². The Hall–Kier alpha value is -3.10. The summed E-state index contributed by atoms with van der Waals surface area (Å²) in [5, 5.41) is 13.8. The van der Waals surface area contributed by atoms with E-state index in [1.807, 2.05) is 21.1 Å². The Balaban J connectivity index is 4.19. The number of amides is 1. The van der Waals surface area contributed by atoms with Crippen LogP contribution in [-0.4, -0.2) is 73.4 Å². The molecule has 9 heteroatoms. The summed E-state index contributed by atoms with van der Waals surface area (Å²) in [6.45, 7) is 4.63. The Kier molecular flexibility index (Phi) is 40.1. The van der Waals surface area contributed by atoms with E-state index in [1.54, 1.807) is 0 Å². The van der Waals surface area contributed by atoms with Crippen LogP contribution in [0.2, 0.25) is 0 Å². The van der Waals surface area contributed by atoms with Gasteiger partial charge < -0.3 is 19.8 Å². The van der Waals surface area contributed by atoms with Crippen LogP contribution in [0.4, 0.5) is 0 Å². The Bertz CT molecular complexity index is 1400. The van der Waals surface area contributed by atoms with Gasteiger partial charge in [0.05, 0.1) is 39.9 Å². The summed E-state index contributed by atoms with van der Waals surface area (Å²) in [5.41, 5.74) is 0. The summed E-state index contributed by atoms with van der Waals surface area (Å²) in [6, 6.07) is -0.789. The standard InChI is InChI=1S/C52H87N2O6P/c1-6-8-10-12-14-15-16-17-18-19-20-21-22-23-24-25-26-27-28-29-30-31-32-33-34-35-36-37-38-39-40-42-44-46-52(56)53-50(51(55)45-43-41-13-11-9-7-2)49-60-61(57,58)59-48-47-54(3,4)5/h8,10,14-15,17-18,20-21,23-24,26-27,29-30,32-33,35-36,38-39,50-51,55H,6-7,9,11-13,16,19,22,25,28,31,34,37,40-49H2,1-5H3,(H-,53,56,57,58)/p+1/b10-8-,15-14-,18-17-,21-20-,24-23-,27-26-,30-29-,33-32-,36-35-,39-38-. The van der Waals surface area contributed by atoms with Crippen molar-refractivity contribution in [1.82, 2.24) is 5.32 Å². The van der Waals surface area contributed by atoms with Gasteiger partial charge >= 0.3 is 7.82 Å². The molecule has 0 aliphatic heterocycles. The van der Waals surface area contributed by atoms with Gasteiger partial charge in [0.15, 0.2) is 0 Å². The average Bonchev–Trinajstić information content (AvgIpc) is 3.21. The first-order valence-corrected chi connectivity index (χ1v) is 24.9. The lowest BCUT2D eigenvalue weighted by Gasteiger charge is -2.26. The molecule has 0 rings (SSSR count). The van der Waals surface area contributed by atoms with Crippen LogP contribution in [0.3, 0.4) is 0 Å². The largest absolute Gasteiger partial charge is 0.472 e. The number of hydrogen-bond donors (Lipinski definition) is 3. The molecule has 3 unspecified atom stereocenters. The molecule has 61 heavy (non-hydrogen) atoms. The van der Waals surface area contributed by atoms with Gasteiger partial charge in [0.1, 0.15) is 13.2 Å². The predicted molar refractivity (Wildman–Crippen MR) is 262 cm³/mol. The number of carbonyl (C=O) groups is 1. The number of unbranched alkanes of at least 4 members (excludes halogenated alkanes) is 7. The fourth-order valence-corrected chi connectivity index (χ4v) is 6.51. The van der Waals surface area contributed by atoms with Gasteiger partial charge in [0, 0.05) is 6.42 Å². The maximum absolute atomic E-state index is 12.8. The molecule has 0 saturated carbocycles. The second-order valence-electron chi connectivity index (χ2n) is 16.4. The number of likely N-dealkylation sites (N-methyl/N-ethyl adjacent to an activating group) is 1. The first kappa shape index (κ1) is 57.9. The summed E-state index contributed by atoms with van der Waals surface area (Å²) >= 11 is 0. The molecule has 0 spiro atoms. The first-order valence-electron chi connectivity index (χ1n) is 23.4. The van der Waals surface area contributed by atoms with Gasteiger partial charge in [-0.05, 0) is 89.9 Å². The summed E-state index contributed by atoms with van der Waals surface area (Å²) < 4.78 is 23.4. The van der Waals surface area contributed by atoms with Crippen LogP contribution in [-0.2, 0) is 18.4 Å². The molecule has 0 aromatic rings. The maximum atomic E-state index is 12.8. The number of phosphoric ester groups is 1. The number of nitrogens with one attached hydrogen (secondary N) is 1. The summed E-state index contributed by atoms with van der Waals surface area (Å²) in [6.07, 6.45) is 62.8. The minimum atomic E-state index is -4.32. The lowest BCUT2D eigenvalue weighted by atomic mass is 10.0. The van der Waals surface area contributed by atoms with E-state index in [4.69, 9.17) is 9.05 Å². The third-order valence-corrected chi connectivity index (χ3v) is 10.5. The van der Waals surface area contributed by atoms with Crippen molar-refractivity contribution in [2.24, 2.45) is 0 Å². The molecule has 0 bridgehead atoms. The topological polar surface area (TPSA) is 105 Å². The second kappa shape index (κ2) is 42.2. The van der Waals surface area contributed by atoms with Gasteiger partial charge in [-0.2, -0.15) is 0 Å². The van der Waals surface area contributed by atoms with Gasteiger partial charge in [-0.25, -0.2) is 4.57 Å². The van der Waals surface area contributed by atoms with Crippen LogP contribution in [0.5, 0.6) is 0 Å². The highest BCUT2D eigenvalue weighted by molar-refractivity contribution is 7.47. The van der Waals surface area contributed by atoms with E-state index in [1.165, 1.54) is 19.3 Å². The number of aliphatic hydroxyl groups is 1. The lowest BCUT2D eigenvalue weighted by Crippen LogP contribution is -2.46. The van der Waals surface area contributed by atoms with E-state index >= 15 is 0 Å². The fraction of sp³-hybridized carbons (Fsp3) is 0.596. The van der Waals surface area contributed by atoms with Crippen LogP contribution < -0.4 is 5.32 Å². The smallest absolute Gasteiger partial charge is 0.391 e. The van der Waals surface area contributed by atoms with Gasteiger partial charge in [-0.1, -0.05) is 174 Å². The number of phosphoric acid groups is 1. The number of hydrogen-bond acceptors (Lipinski definition) is 5. The highest BCUT2D eigenvalue weighted by Gasteiger charge is 2.28. The Morgan fingerprint density at radius 3 is 1.41 bits per heavy atom. The van der Waals surface area contributed by atoms with E-state index in [2.05, 4.69) is 141 Å². The molecule has 0 aromatic carbocycles. The number of aliphatic hydroxyl groups excluding tert-OH is 1. The molecule has 3 N–H and O–H groups in total. The molecule has 0 heterocycles. The highest BCUT2D eigenvalue weighted by Crippen LogP contribution is 2.43.